The number of carbonyl (C=O) groups excluding carboxylic acids is 1. The Balaban J connectivity index is 1.64. The summed E-state index contributed by atoms with van der Waals surface area (Å²) in [7, 11) is 3.20. The summed E-state index contributed by atoms with van der Waals surface area (Å²) >= 11 is 0. The predicted octanol–water partition coefficient (Wildman–Crippen LogP) is 2.86. The first-order valence-electron chi connectivity index (χ1n) is 7.87. The zero-order valence-corrected chi connectivity index (χ0v) is 14.4. The van der Waals surface area contributed by atoms with Gasteiger partial charge in [0.05, 0.1) is 26.1 Å². The van der Waals surface area contributed by atoms with Crippen LogP contribution < -0.4 is 14.9 Å². The van der Waals surface area contributed by atoms with E-state index in [2.05, 4.69) is 20.7 Å². The predicted molar refractivity (Wildman–Crippen MR) is 98.6 cm³/mol. The number of hydrogen-bond acceptors (Lipinski definition) is 5. The number of ether oxygens (including phenoxy) is 2. The van der Waals surface area contributed by atoms with E-state index in [-0.39, 0.29) is 5.91 Å². The van der Waals surface area contributed by atoms with Crippen LogP contribution in [0.2, 0.25) is 0 Å². The van der Waals surface area contributed by atoms with Crippen molar-refractivity contribution in [3.05, 3.63) is 65.9 Å². The molecule has 1 aromatic heterocycles. The van der Waals surface area contributed by atoms with E-state index in [1.54, 1.807) is 26.5 Å². The lowest BCUT2D eigenvalue weighted by atomic mass is 10.1. The molecule has 2 N–H and O–H groups in total. The number of carbonyl (C=O) groups is 1. The molecule has 1 heterocycles. The van der Waals surface area contributed by atoms with E-state index in [1.807, 2.05) is 48.5 Å². The molecule has 0 unspecified atom stereocenters. The SMILES string of the molecule is COc1ccc(-c2cc(C(=O)N/N=C\c3cccc(OC)c3)[nH]n2)cc1. The number of aromatic nitrogens is 2. The third kappa shape index (κ3) is 4.07. The van der Waals surface area contributed by atoms with Crippen molar-refractivity contribution in [3.8, 4) is 22.8 Å². The lowest BCUT2D eigenvalue weighted by Crippen LogP contribution is -2.18. The lowest BCUT2D eigenvalue weighted by molar-refractivity contribution is 0.0950. The minimum Gasteiger partial charge on any atom is -0.497 e. The van der Waals surface area contributed by atoms with Gasteiger partial charge in [-0.1, -0.05) is 12.1 Å². The van der Waals surface area contributed by atoms with Gasteiger partial charge < -0.3 is 9.47 Å². The molecule has 0 saturated heterocycles. The van der Waals surface area contributed by atoms with E-state index < -0.39 is 0 Å². The van der Waals surface area contributed by atoms with Gasteiger partial charge in [-0.3, -0.25) is 9.89 Å². The van der Waals surface area contributed by atoms with Crippen molar-refractivity contribution in [1.82, 2.24) is 15.6 Å². The molecular formula is C19H18N4O3. The van der Waals surface area contributed by atoms with Crippen molar-refractivity contribution in [2.24, 2.45) is 5.10 Å². The fourth-order valence-corrected chi connectivity index (χ4v) is 2.30. The van der Waals surface area contributed by atoms with Crippen LogP contribution >= 0.6 is 0 Å². The highest BCUT2D eigenvalue weighted by atomic mass is 16.5. The molecule has 7 nitrogen and oxygen atoms in total. The van der Waals surface area contributed by atoms with Gasteiger partial charge in [0.2, 0.25) is 0 Å². The highest BCUT2D eigenvalue weighted by Gasteiger charge is 2.10. The zero-order valence-electron chi connectivity index (χ0n) is 14.4. The van der Waals surface area contributed by atoms with E-state index in [9.17, 15) is 4.79 Å². The lowest BCUT2D eigenvalue weighted by Gasteiger charge is -2.00. The number of nitrogens with one attached hydrogen (secondary N) is 2. The van der Waals surface area contributed by atoms with Crippen molar-refractivity contribution in [2.45, 2.75) is 0 Å². The highest BCUT2D eigenvalue weighted by Crippen LogP contribution is 2.21. The largest absolute Gasteiger partial charge is 0.497 e. The van der Waals surface area contributed by atoms with Crippen LogP contribution in [0.4, 0.5) is 0 Å². The second kappa shape index (κ2) is 7.98. The number of amides is 1. The van der Waals surface area contributed by atoms with Crippen molar-refractivity contribution >= 4 is 12.1 Å². The van der Waals surface area contributed by atoms with Crippen molar-refractivity contribution in [3.63, 3.8) is 0 Å². The fourth-order valence-electron chi connectivity index (χ4n) is 2.30. The maximum absolute atomic E-state index is 12.2. The van der Waals surface area contributed by atoms with E-state index in [0.29, 0.717) is 11.4 Å². The molecule has 0 saturated carbocycles. The van der Waals surface area contributed by atoms with Gasteiger partial charge in [-0.15, -0.1) is 0 Å². The Labute approximate surface area is 150 Å². The number of rotatable bonds is 6. The normalized spacial score (nSPS) is 10.7. The Kier molecular flexibility index (Phi) is 5.28. The minimum atomic E-state index is -0.378. The Morgan fingerprint density at radius 1 is 1.08 bits per heavy atom. The molecule has 132 valence electrons. The van der Waals surface area contributed by atoms with Crippen LogP contribution in [-0.4, -0.2) is 36.5 Å². The van der Waals surface area contributed by atoms with E-state index in [0.717, 1.165) is 22.6 Å². The average molecular weight is 350 g/mol. The first-order chi connectivity index (χ1) is 12.7. The molecular weight excluding hydrogens is 332 g/mol. The van der Waals surface area contributed by atoms with Gasteiger partial charge in [-0.25, -0.2) is 5.43 Å². The number of benzene rings is 2. The summed E-state index contributed by atoms with van der Waals surface area (Å²) in [6.07, 6.45) is 1.54. The first-order valence-corrected chi connectivity index (χ1v) is 7.87. The third-order valence-corrected chi connectivity index (χ3v) is 3.68. The van der Waals surface area contributed by atoms with Crippen molar-refractivity contribution in [1.29, 1.82) is 0 Å². The van der Waals surface area contributed by atoms with Gasteiger partial charge in [0.15, 0.2) is 0 Å². The third-order valence-electron chi connectivity index (χ3n) is 3.68. The van der Waals surface area contributed by atoms with Crippen LogP contribution in [-0.2, 0) is 0 Å². The molecule has 2 aromatic carbocycles. The van der Waals surface area contributed by atoms with Crippen LogP contribution in [0, 0.1) is 0 Å². The second-order valence-electron chi connectivity index (χ2n) is 5.37. The quantitative estimate of drug-likeness (QED) is 0.528. The molecule has 26 heavy (non-hydrogen) atoms. The number of hydrazone groups is 1. The van der Waals surface area contributed by atoms with Gasteiger partial charge in [-0.05, 0) is 48.0 Å². The summed E-state index contributed by atoms with van der Waals surface area (Å²) in [5.74, 6) is 1.10. The standard InChI is InChI=1S/C19H18N4O3/c1-25-15-8-6-14(7-9-15)17-11-18(22-21-17)19(24)23-20-12-13-4-3-5-16(10-13)26-2/h3-12H,1-2H3,(H,21,22)(H,23,24)/b20-12-. The van der Waals surface area contributed by atoms with E-state index in [1.165, 1.54) is 0 Å². The summed E-state index contributed by atoms with van der Waals surface area (Å²) < 4.78 is 10.3. The van der Waals surface area contributed by atoms with Gasteiger partial charge in [0.1, 0.15) is 17.2 Å². The zero-order chi connectivity index (χ0) is 18.4. The fraction of sp³-hybridized carbons (Fsp3) is 0.105. The smallest absolute Gasteiger partial charge is 0.289 e. The van der Waals surface area contributed by atoms with Crippen LogP contribution in [0.3, 0.4) is 0 Å². The Bertz CT molecular complexity index is 917. The highest BCUT2D eigenvalue weighted by molar-refractivity contribution is 5.94. The molecule has 3 aromatic rings. The van der Waals surface area contributed by atoms with Gasteiger partial charge in [0, 0.05) is 5.56 Å². The van der Waals surface area contributed by atoms with Gasteiger partial charge >= 0.3 is 0 Å². The number of aromatic amines is 1. The topological polar surface area (TPSA) is 88.6 Å². The number of methoxy groups -OCH3 is 2. The average Bonchev–Trinajstić information content (AvgIpc) is 3.18. The van der Waals surface area contributed by atoms with Gasteiger partial charge in [-0.2, -0.15) is 10.2 Å². The number of hydrogen-bond donors (Lipinski definition) is 2. The van der Waals surface area contributed by atoms with Crippen molar-refractivity contribution < 1.29 is 14.3 Å². The monoisotopic (exact) mass is 350 g/mol. The number of H-pyrrole nitrogens is 1. The molecule has 7 heteroatoms. The van der Waals surface area contributed by atoms with Crippen LogP contribution in [0.1, 0.15) is 16.1 Å². The Morgan fingerprint density at radius 3 is 2.58 bits per heavy atom. The Hall–Kier alpha value is -3.61. The molecule has 0 aliphatic carbocycles. The maximum Gasteiger partial charge on any atom is 0.289 e. The van der Waals surface area contributed by atoms with E-state index in [4.69, 9.17) is 9.47 Å². The summed E-state index contributed by atoms with van der Waals surface area (Å²) in [6, 6.07) is 16.4. The molecule has 0 fully saturated rings. The van der Waals surface area contributed by atoms with Crippen LogP contribution in [0.15, 0.2) is 59.7 Å². The van der Waals surface area contributed by atoms with E-state index >= 15 is 0 Å². The summed E-state index contributed by atoms with van der Waals surface area (Å²) in [5.41, 5.74) is 5.14. The molecule has 0 spiro atoms. The summed E-state index contributed by atoms with van der Waals surface area (Å²) in [5, 5.41) is 10.8. The maximum atomic E-state index is 12.2. The molecule has 0 aliphatic rings. The first kappa shape index (κ1) is 17.2. The number of nitrogens with zero attached hydrogens (tertiary/aromatic N) is 2. The van der Waals surface area contributed by atoms with Crippen molar-refractivity contribution in [2.75, 3.05) is 14.2 Å². The van der Waals surface area contributed by atoms with Crippen LogP contribution in [0.5, 0.6) is 11.5 Å². The molecule has 0 radical (unpaired) electrons. The summed E-state index contributed by atoms with van der Waals surface area (Å²) in [4.78, 5) is 12.2. The van der Waals surface area contributed by atoms with Crippen LogP contribution in [0.25, 0.3) is 11.3 Å². The summed E-state index contributed by atoms with van der Waals surface area (Å²) in [6.45, 7) is 0. The second-order valence-corrected chi connectivity index (χ2v) is 5.37. The molecule has 3 rings (SSSR count). The molecule has 0 atom stereocenters. The molecule has 0 aliphatic heterocycles. The molecule has 1 amide bonds. The minimum absolute atomic E-state index is 0.318. The Morgan fingerprint density at radius 2 is 1.85 bits per heavy atom. The molecule has 0 bridgehead atoms. The van der Waals surface area contributed by atoms with Gasteiger partial charge in [0.25, 0.3) is 5.91 Å².